The Morgan fingerprint density at radius 3 is 2.68 bits per heavy atom. The predicted molar refractivity (Wildman–Crippen MR) is 117 cm³/mol. The van der Waals surface area contributed by atoms with Gasteiger partial charge in [0.05, 0.1) is 12.2 Å². The average Bonchev–Trinajstić information content (AvgIpc) is 2.97. The Hall–Kier alpha value is -1.91. The van der Waals surface area contributed by atoms with E-state index in [1.54, 1.807) is 7.05 Å². The first kappa shape index (κ1) is 24.1. The normalized spacial score (nSPS) is 11.4. The third-order valence-electron chi connectivity index (χ3n) is 4.00. The van der Waals surface area contributed by atoms with Gasteiger partial charge in [-0.05, 0) is 18.1 Å². The second-order valence-corrected chi connectivity index (χ2v) is 6.62. The molecule has 1 aromatic heterocycles. The summed E-state index contributed by atoms with van der Waals surface area (Å²) in [6.45, 7) is 5.54. The van der Waals surface area contributed by atoms with Gasteiger partial charge in [-0.15, -0.1) is 24.0 Å². The van der Waals surface area contributed by atoms with Gasteiger partial charge in [-0.2, -0.15) is 5.10 Å². The van der Waals surface area contributed by atoms with Gasteiger partial charge >= 0.3 is 0 Å². The molecular formula is C19H28F2IN5O. The molecule has 0 fully saturated rings. The minimum Gasteiger partial charge on any atom is -0.489 e. The van der Waals surface area contributed by atoms with Crippen molar-refractivity contribution in [3.63, 3.8) is 0 Å². The van der Waals surface area contributed by atoms with E-state index < -0.39 is 11.6 Å². The van der Waals surface area contributed by atoms with Gasteiger partial charge in [0.15, 0.2) is 17.5 Å². The summed E-state index contributed by atoms with van der Waals surface area (Å²) >= 11 is 0. The van der Waals surface area contributed by atoms with Crippen molar-refractivity contribution >= 4 is 29.9 Å². The van der Waals surface area contributed by atoms with Crippen LogP contribution in [0.4, 0.5) is 8.78 Å². The van der Waals surface area contributed by atoms with E-state index in [-0.39, 0.29) is 36.3 Å². The highest BCUT2D eigenvalue weighted by atomic mass is 127. The van der Waals surface area contributed by atoms with Crippen molar-refractivity contribution in [3.8, 4) is 5.75 Å². The summed E-state index contributed by atoms with van der Waals surface area (Å²) in [5.41, 5.74) is 2.21. The molecule has 2 rings (SSSR count). The largest absolute Gasteiger partial charge is 0.489 e. The van der Waals surface area contributed by atoms with E-state index in [1.165, 1.54) is 12.1 Å². The Balaban J connectivity index is 0.00000392. The summed E-state index contributed by atoms with van der Waals surface area (Å²) in [6.07, 6.45) is 2.01. The van der Waals surface area contributed by atoms with E-state index in [0.717, 1.165) is 17.3 Å². The highest BCUT2D eigenvalue weighted by Crippen LogP contribution is 2.19. The number of nitrogens with one attached hydrogen (secondary N) is 1. The van der Waals surface area contributed by atoms with Crippen LogP contribution in [-0.2, 0) is 13.6 Å². The third-order valence-corrected chi connectivity index (χ3v) is 4.00. The molecule has 0 saturated carbocycles. The summed E-state index contributed by atoms with van der Waals surface area (Å²) in [7, 11) is 5.55. The van der Waals surface area contributed by atoms with Gasteiger partial charge < -0.3 is 15.0 Å². The number of guanidine groups is 1. The van der Waals surface area contributed by atoms with Crippen LogP contribution in [0, 0.1) is 11.6 Å². The van der Waals surface area contributed by atoms with Crippen LogP contribution in [0.25, 0.3) is 0 Å². The summed E-state index contributed by atoms with van der Waals surface area (Å²) in [6, 6.07) is 3.25. The second kappa shape index (κ2) is 11.2. The molecule has 0 bridgehead atoms. The topological polar surface area (TPSA) is 54.7 Å². The first-order valence-corrected chi connectivity index (χ1v) is 8.83. The second-order valence-electron chi connectivity index (χ2n) is 6.62. The van der Waals surface area contributed by atoms with Crippen LogP contribution in [0.5, 0.6) is 5.75 Å². The van der Waals surface area contributed by atoms with Gasteiger partial charge in [-0.25, -0.2) is 8.78 Å². The van der Waals surface area contributed by atoms with Gasteiger partial charge in [0, 0.05) is 45.5 Å². The molecular weight excluding hydrogens is 479 g/mol. The van der Waals surface area contributed by atoms with Crippen molar-refractivity contribution < 1.29 is 13.5 Å². The number of rotatable bonds is 7. The van der Waals surface area contributed by atoms with Crippen molar-refractivity contribution in [2.24, 2.45) is 12.0 Å². The molecule has 0 atom stereocenters. The van der Waals surface area contributed by atoms with Crippen LogP contribution in [0.2, 0.25) is 0 Å². The van der Waals surface area contributed by atoms with Crippen LogP contribution in [0.3, 0.4) is 0 Å². The molecule has 6 nitrogen and oxygen atoms in total. The monoisotopic (exact) mass is 507 g/mol. The smallest absolute Gasteiger partial charge is 0.193 e. The predicted octanol–water partition coefficient (Wildman–Crippen LogP) is 3.53. The lowest BCUT2D eigenvalue weighted by Crippen LogP contribution is -2.40. The van der Waals surface area contributed by atoms with Crippen molar-refractivity contribution in [1.82, 2.24) is 20.0 Å². The molecule has 0 aliphatic heterocycles. The maximum Gasteiger partial charge on any atom is 0.193 e. The van der Waals surface area contributed by atoms with E-state index in [0.29, 0.717) is 25.0 Å². The molecule has 0 saturated heterocycles. The van der Waals surface area contributed by atoms with E-state index in [1.807, 2.05) is 29.9 Å². The first-order valence-electron chi connectivity index (χ1n) is 8.83. The van der Waals surface area contributed by atoms with Gasteiger partial charge in [0.1, 0.15) is 12.4 Å². The molecule has 2 aromatic rings. The van der Waals surface area contributed by atoms with Crippen molar-refractivity contribution in [1.29, 1.82) is 0 Å². The van der Waals surface area contributed by atoms with Gasteiger partial charge in [0.25, 0.3) is 0 Å². The molecule has 0 aliphatic rings. The standard InChI is InChI=1S/C19H27F2N5O.HI/c1-13(2)18-14(12-26(5)24-18)11-25(4)19(22-3)23-8-9-27-17-7-6-15(20)10-16(17)21;/h6-7,10,12-13H,8-9,11H2,1-5H3,(H,22,23);1H. The average molecular weight is 507 g/mol. The van der Waals surface area contributed by atoms with Crippen LogP contribution in [-0.4, -0.2) is 47.9 Å². The molecule has 0 aliphatic carbocycles. The molecule has 1 heterocycles. The Kier molecular flexibility index (Phi) is 9.63. The number of ether oxygens (including phenoxy) is 1. The van der Waals surface area contributed by atoms with E-state index in [9.17, 15) is 8.78 Å². The molecule has 1 aromatic carbocycles. The fourth-order valence-corrected chi connectivity index (χ4v) is 2.79. The number of aromatic nitrogens is 2. The van der Waals surface area contributed by atoms with Crippen molar-refractivity contribution in [2.45, 2.75) is 26.3 Å². The molecule has 9 heteroatoms. The SMILES string of the molecule is CN=C(NCCOc1ccc(F)cc1F)N(C)Cc1cn(C)nc1C(C)C.I. The Morgan fingerprint density at radius 1 is 1.36 bits per heavy atom. The molecule has 0 spiro atoms. The maximum absolute atomic E-state index is 13.6. The minimum atomic E-state index is -0.714. The maximum atomic E-state index is 13.6. The number of nitrogens with zero attached hydrogens (tertiary/aromatic N) is 4. The van der Waals surface area contributed by atoms with Gasteiger partial charge in [-0.1, -0.05) is 13.8 Å². The fourth-order valence-electron chi connectivity index (χ4n) is 2.79. The number of benzene rings is 1. The number of hydrogen-bond acceptors (Lipinski definition) is 3. The summed E-state index contributed by atoms with van der Waals surface area (Å²) in [5, 5.41) is 7.69. The van der Waals surface area contributed by atoms with Gasteiger partial charge in [-0.3, -0.25) is 9.67 Å². The Morgan fingerprint density at radius 2 is 2.07 bits per heavy atom. The fraction of sp³-hybridized carbons (Fsp3) is 0.474. The lowest BCUT2D eigenvalue weighted by molar-refractivity contribution is 0.302. The van der Waals surface area contributed by atoms with E-state index in [2.05, 4.69) is 29.3 Å². The number of halogens is 3. The zero-order valence-electron chi connectivity index (χ0n) is 16.9. The molecule has 0 radical (unpaired) electrons. The van der Waals surface area contributed by atoms with Crippen LogP contribution in [0.1, 0.15) is 31.0 Å². The zero-order chi connectivity index (χ0) is 20.0. The summed E-state index contributed by atoms with van der Waals surface area (Å²) in [5.74, 6) is -0.288. The lowest BCUT2D eigenvalue weighted by Gasteiger charge is -2.22. The van der Waals surface area contributed by atoms with E-state index >= 15 is 0 Å². The molecule has 28 heavy (non-hydrogen) atoms. The molecule has 1 N–H and O–H groups in total. The highest BCUT2D eigenvalue weighted by molar-refractivity contribution is 14.0. The zero-order valence-corrected chi connectivity index (χ0v) is 19.2. The molecule has 156 valence electrons. The van der Waals surface area contributed by atoms with Gasteiger partial charge in [0.2, 0.25) is 0 Å². The van der Waals surface area contributed by atoms with Crippen LogP contribution >= 0.6 is 24.0 Å². The first-order chi connectivity index (χ1) is 12.8. The van der Waals surface area contributed by atoms with Crippen LogP contribution in [0.15, 0.2) is 29.4 Å². The Bertz CT molecular complexity index is 795. The summed E-state index contributed by atoms with van der Waals surface area (Å²) in [4.78, 5) is 6.25. The molecule has 0 unspecified atom stereocenters. The van der Waals surface area contributed by atoms with Crippen molar-refractivity contribution in [2.75, 3.05) is 27.2 Å². The quantitative estimate of drug-likeness (QED) is 0.270. The number of aryl methyl sites for hydroxylation is 1. The third kappa shape index (κ3) is 6.61. The van der Waals surface area contributed by atoms with Crippen LogP contribution < -0.4 is 10.1 Å². The highest BCUT2D eigenvalue weighted by Gasteiger charge is 2.15. The molecule has 0 amide bonds. The lowest BCUT2D eigenvalue weighted by atomic mass is 10.1. The minimum absolute atomic E-state index is 0. The number of aliphatic imine (C=N–C) groups is 1. The summed E-state index contributed by atoms with van der Waals surface area (Å²) < 4.78 is 33.6. The number of hydrogen-bond donors (Lipinski definition) is 1. The Labute approximate surface area is 182 Å². The van der Waals surface area contributed by atoms with E-state index in [4.69, 9.17) is 4.74 Å². The van der Waals surface area contributed by atoms with Crippen molar-refractivity contribution in [3.05, 3.63) is 47.3 Å².